The van der Waals surface area contributed by atoms with E-state index in [9.17, 15) is 22.7 Å². The highest BCUT2D eigenvalue weighted by molar-refractivity contribution is 7.12. The Morgan fingerprint density at radius 3 is 2.25 bits per heavy atom. The highest BCUT2D eigenvalue weighted by atomic mass is 32.1. The van der Waals surface area contributed by atoms with Gasteiger partial charge in [-0.2, -0.15) is 13.2 Å². The first-order valence-corrected chi connectivity index (χ1v) is 9.00. The summed E-state index contributed by atoms with van der Waals surface area (Å²) in [5.74, 6) is -0.422. The molecule has 0 saturated carbocycles. The first kappa shape index (κ1) is 20.0. The van der Waals surface area contributed by atoms with Crippen LogP contribution < -0.4 is 5.32 Å². The van der Waals surface area contributed by atoms with Gasteiger partial charge in [-0.1, -0.05) is 6.07 Å². The Morgan fingerprint density at radius 2 is 1.71 bits per heavy atom. The van der Waals surface area contributed by atoms with E-state index >= 15 is 0 Å². The molecule has 3 aromatic rings. The molecule has 146 valence electrons. The molecule has 0 saturated heterocycles. The van der Waals surface area contributed by atoms with Gasteiger partial charge in [-0.3, -0.25) is 0 Å². The van der Waals surface area contributed by atoms with E-state index in [1.165, 1.54) is 48.5 Å². The third kappa shape index (κ3) is 3.65. The maximum Gasteiger partial charge on any atom is 0.426 e. The van der Waals surface area contributed by atoms with E-state index in [0.717, 1.165) is 23.6 Å². The van der Waals surface area contributed by atoms with Crippen molar-refractivity contribution in [3.8, 4) is 0 Å². The topological polar surface area (TPSA) is 56.1 Å². The minimum absolute atomic E-state index is 0.151. The van der Waals surface area contributed by atoms with Gasteiger partial charge in [0.15, 0.2) is 0 Å². The number of rotatable bonds is 5. The fourth-order valence-corrected chi connectivity index (χ4v) is 3.78. The van der Waals surface area contributed by atoms with E-state index in [2.05, 4.69) is 5.32 Å². The van der Waals surface area contributed by atoms with Crippen LogP contribution in [0.1, 0.15) is 20.9 Å². The smallest absolute Gasteiger partial charge is 0.372 e. The summed E-state index contributed by atoms with van der Waals surface area (Å²) >= 11 is 0.860. The Kier molecular flexibility index (Phi) is 5.27. The van der Waals surface area contributed by atoms with Crippen LogP contribution in [-0.4, -0.2) is 17.5 Å². The minimum atomic E-state index is -4.95. The molecule has 1 atom stereocenters. The second kappa shape index (κ2) is 7.37. The third-order valence-corrected chi connectivity index (χ3v) is 5.36. The fourth-order valence-electron chi connectivity index (χ4n) is 2.78. The molecule has 0 aliphatic carbocycles. The monoisotopic (exact) mass is 408 g/mol. The van der Waals surface area contributed by atoms with Crippen LogP contribution in [-0.2, 0) is 5.60 Å². The molecule has 0 amide bonds. The lowest BCUT2D eigenvalue weighted by Crippen LogP contribution is -2.42. The zero-order valence-electron chi connectivity index (χ0n) is 14.6. The Balaban J connectivity index is 2.06. The van der Waals surface area contributed by atoms with Gasteiger partial charge in [0.2, 0.25) is 5.60 Å². The predicted molar refractivity (Wildman–Crippen MR) is 102 cm³/mol. The molecular weight excluding hydrogens is 392 g/mol. The van der Waals surface area contributed by atoms with Gasteiger partial charge in [0.05, 0.1) is 4.88 Å². The predicted octanol–water partition coefficient (Wildman–Crippen LogP) is 5.74. The summed E-state index contributed by atoms with van der Waals surface area (Å²) in [5, 5.41) is 21.2. The second-order valence-electron chi connectivity index (χ2n) is 6.20. The molecular formula is C20H16F4N2OS. The standard InChI is InChI=1S/C20H16F4N2OS/c1-12-2-9-18(28-12)19(27,20(22,23)24)14-3-8-17(13(10-14)11-25)26-16-6-4-15(21)5-7-16/h2-11,25-27H,1H3. The molecule has 28 heavy (non-hydrogen) atoms. The molecule has 0 spiro atoms. The van der Waals surface area contributed by atoms with E-state index in [1.807, 2.05) is 0 Å². The maximum atomic E-state index is 13.9. The quantitative estimate of drug-likeness (QED) is 0.373. The third-order valence-electron chi connectivity index (χ3n) is 4.26. The van der Waals surface area contributed by atoms with Gasteiger partial charge in [-0.05, 0) is 61.0 Å². The van der Waals surface area contributed by atoms with Crippen LogP contribution in [0.3, 0.4) is 0 Å². The number of aryl methyl sites for hydroxylation is 1. The van der Waals surface area contributed by atoms with Crippen molar-refractivity contribution >= 4 is 28.9 Å². The van der Waals surface area contributed by atoms with E-state index < -0.39 is 17.6 Å². The number of benzene rings is 2. The van der Waals surface area contributed by atoms with Crippen molar-refractivity contribution in [2.24, 2.45) is 0 Å². The molecule has 0 radical (unpaired) electrons. The number of anilines is 2. The second-order valence-corrected chi connectivity index (χ2v) is 7.48. The first-order valence-electron chi connectivity index (χ1n) is 8.19. The maximum absolute atomic E-state index is 13.9. The van der Waals surface area contributed by atoms with Crippen LogP contribution in [0, 0.1) is 18.2 Å². The summed E-state index contributed by atoms with van der Waals surface area (Å²) in [6, 6.07) is 11.8. The van der Waals surface area contributed by atoms with Crippen LogP contribution in [0.4, 0.5) is 28.9 Å². The molecule has 0 bridgehead atoms. The Hall–Kier alpha value is -2.71. The number of alkyl halides is 3. The number of thiophene rings is 1. The van der Waals surface area contributed by atoms with Crippen LogP contribution >= 0.6 is 11.3 Å². The van der Waals surface area contributed by atoms with Crippen LogP contribution in [0.2, 0.25) is 0 Å². The minimum Gasteiger partial charge on any atom is -0.372 e. The summed E-state index contributed by atoms with van der Waals surface area (Å²) in [4.78, 5) is 0.396. The van der Waals surface area contributed by atoms with Gasteiger partial charge < -0.3 is 15.8 Å². The summed E-state index contributed by atoms with van der Waals surface area (Å²) in [6.07, 6.45) is -4.05. The first-order chi connectivity index (χ1) is 13.1. The summed E-state index contributed by atoms with van der Waals surface area (Å²) < 4.78 is 54.6. The number of halogens is 4. The van der Waals surface area contributed by atoms with Crippen molar-refractivity contribution in [1.29, 1.82) is 5.41 Å². The largest absolute Gasteiger partial charge is 0.426 e. The van der Waals surface area contributed by atoms with Crippen molar-refractivity contribution in [1.82, 2.24) is 0 Å². The molecule has 1 heterocycles. The zero-order valence-corrected chi connectivity index (χ0v) is 15.5. The average Bonchev–Trinajstić information content (AvgIpc) is 3.09. The number of hydrogen-bond donors (Lipinski definition) is 3. The molecule has 3 N–H and O–H groups in total. The van der Waals surface area contributed by atoms with Gasteiger partial charge in [-0.15, -0.1) is 11.3 Å². The summed E-state index contributed by atoms with van der Waals surface area (Å²) in [5.41, 5.74) is -2.55. The number of nitrogens with one attached hydrogen (secondary N) is 2. The van der Waals surface area contributed by atoms with Crippen molar-refractivity contribution in [2.45, 2.75) is 18.7 Å². The van der Waals surface area contributed by atoms with Crippen molar-refractivity contribution < 1.29 is 22.7 Å². The highest BCUT2D eigenvalue weighted by Crippen LogP contribution is 2.47. The molecule has 0 aliphatic heterocycles. The molecule has 0 fully saturated rings. The van der Waals surface area contributed by atoms with E-state index in [-0.39, 0.29) is 16.0 Å². The van der Waals surface area contributed by atoms with Crippen molar-refractivity contribution in [2.75, 3.05) is 5.32 Å². The summed E-state index contributed by atoms with van der Waals surface area (Å²) in [6.45, 7) is 1.66. The lowest BCUT2D eigenvalue weighted by molar-refractivity contribution is -0.247. The molecule has 3 nitrogen and oxygen atoms in total. The lowest BCUT2D eigenvalue weighted by Gasteiger charge is -2.30. The zero-order chi connectivity index (χ0) is 20.5. The van der Waals surface area contributed by atoms with Gasteiger partial charge in [0.1, 0.15) is 5.82 Å². The van der Waals surface area contributed by atoms with Gasteiger partial charge in [0, 0.05) is 28.0 Å². The molecule has 1 unspecified atom stereocenters. The molecule has 1 aromatic heterocycles. The summed E-state index contributed by atoms with van der Waals surface area (Å²) in [7, 11) is 0. The van der Waals surface area contributed by atoms with Gasteiger partial charge >= 0.3 is 6.18 Å². The van der Waals surface area contributed by atoms with Crippen LogP contribution in [0.15, 0.2) is 54.6 Å². The Morgan fingerprint density at radius 1 is 1.04 bits per heavy atom. The molecule has 2 aromatic carbocycles. The highest BCUT2D eigenvalue weighted by Gasteiger charge is 2.57. The Bertz CT molecular complexity index is 998. The van der Waals surface area contributed by atoms with Crippen LogP contribution in [0.25, 0.3) is 0 Å². The van der Waals surface area contributed by atoms with Crippen molar-refractivity contribution in [3.63, 3.8) is 0 Å². The Labute approximate surface area is 162 Å². The fraction of sp³-hybridized carbons (Fsp3) is 0.150. The van der Waals surface area contributed by atoms with Gasteiger partial charge in [0.25, 0.3) is 0 Å². The normalized spacial score (nSPS) is 13.8. The van der Waals surface area contributed by atoms with E-state index in [1.54, 1.807) is 6.92 Å². The number of aliphatic hydroxyl groups is 1. The molecule has 8 heteroatoms. The van der Waals surface area contributed by atoms with E-state index in [4.69, 9.17) is 5.41 Å². The van der Waals surface area contributed by atoms with E-state index in [0.29, 0.717) is 16.3 Å². The number of hydrogen-bond acceptors (Lipinski definition) is 4. The van der Waals surface area contributed by atoms with Crippen molar-refractivity contribution in [3.05, 3.63) is 81.3 Å². The molecule has 0 aliphatic rings. The molecule has 3 rings (SSSR count). The van der Waals surface area contributed by atoms with Gasteiger partial charge in [-0.25, -0.2) is 4.39 Å². The SMILES string of the molecule is Cc1ccc(C(O)(c2ccc(Nc3ccc(F)cc3)c(C=N)c2)C(F)(F)F)s1. The lowest BCUT2D eigenvalue weighted by atomic mass is 9.89. The average molecular weight is 408 g/mol. The van der Waals surface area contributed by atoms with Crippen LogP contribution in [0.5, 0.6) is 0 Å².